The van der Waals surface area contributed by atoms with Crippen molar-refractivity contribution < 1.29 is 0 Å². The van der Waals surface area contributed by atoms with Gasteiger partial charge >= 0.3 is 0 Å². The van der Waals surface area contributed by atoms with Crippen molar-refractivity contribution in [3.63, 3.8) is 0 Å². The van der Waals surface area contributed by atoms with Crippen molar-refractivity contribution in [3.05, 3.63) is 28.2 Å². The second-order valence-electron chi connectivity index (χ2n) is 4.62. The first-order valence-corrected chi connectivity index (χ1v) is 6.82. The first-order chi connectivity index (χ1) is 8.11. The Labute approximate surface area is 113 Å². The number of anilines is 1. The molecule has 0 spiro atoms. The Morgan fingerprint density at radius 3 is 2.76 bits per heavy atom. The Hall–Kier alpha value is -0.440. The maximum absolute atomic E-state index is 6.09. The van der Waals surface area contributed by atoms with Gasteiger partial charge in [-0.1, -0.05) is 30.1 Å². The van der Waals surface area contributed by atoms with Crippen LogP contribution in [0.15, 0.2) is 18.2 Å². The smallest absolute Gasteiger partial charge is 0.0612 e. The summed E-state index contributed by atoms with van der Waals surface area (Å²) in [6.07, 6.45) is 1.12. The second kappa shape index (κ2) is 5.47. The Bertz CT molecular complexity index is 395. The topological polar surface area (TPSA) is 15.3 Å². The highest BCUT2D eigenvalue weighted by atomic mass is 35.5. The molecule has 1 aromatic rings. The van der Waals surface area contributed by atoms with Crippen LogP contribution in [0.3, 0.4) is 0 Å². The zero-order valence-corrected chi connectivity index (χ0v) is 11.7. The summed E-state index contributed by atoms with van der Waals surface area (Å²) in [4.78, 5) is 2.42. The van der Waals surface area contributed by atoms with Gasteiger partial charge < -0.3 is 10.2 Å². The van der Waals surface area contributed by atoms with E-state index in [1.54, 1.807) is 0 Å². The van der Waals surface area contributed by atoms with Gasteiger partial charge in [0, 0.05) is 30.9 Å². The van der Waals surface area contributed by atoms with Gasteiger partial charge in [0.1, 0.15) is 0 Å². The number of hydrogen-bond donors (Lipinski definition) is 1. The van der Waals surface area contributed by atoms with E-state index in [0.717, 1.165) is 19.5 Å². The van der Waals surface area contributed by atoms with E-state index in [2.05, 4.69) is 30.1 Å². The Morgan fingerprint density at radius 2 is 2.12 bits per heavy atom. The van der Waals surface area contributed by atoms with Crippen molar-refractivity contribution in [2.24, 2.45) is 0 Å². The highest BCUT2D eigenvalue weighted by Gasteiger charge is 2.24. The molecular weight excluding hydrogens is 255 g/mol. The lowest BCUT2D eigenvalue weighted by molar-refractivity contribution is 0.402. The fourth-order valence-electron chi connectivity index (χ4n) is 2.30. The molecule has 1 aliphatic rings. The van der Waals surface area contributed by atoms with Crippen LogP contribution in [0.25, 0.3) is 0 Å². The van der Waals surface area contributed by atoms with Gasteiger partial charge in [0.15, 0.2) is 0 Å². The van der Waals surface area contributed by atoms with Gasteiger partial charge in [-0.15, -0.1) is 0 Å². The molecule has 1 saturated heterocycles. The van der Waals surface area contributed by atoms with Crippen LogP contribution >= 0.6 is 23.2 Å². The van der Waals surface area contributed by atoms with Gasteiger partial charge in [-0.3, -0.25) is 0 Å². The summed E-state index contributed by atoms with van der Waals surface area (Å²) in [7, 11) is 0. The monoisotopic (exact) mass is 272 g/mol. The Morgan fingerprint density at radius 1 is 1.35 bits per heavy atom. The fourth-order valence-corrected chi connectivity index (χ4v) is 2.59. The quantitative estimate of drug-likeness (QED) is 0.886. The van der Waals surface area contributed by atoms with Crippen LogP contribution in [0.2, 0.25) is 10.0 Å². The summed E-state index contributed by atoms with van der Waals surface area (Å²) in [6, 6.07) is 6.92. The van der Waals surface area contributed by atoms with Crippen LogP contribution in [0.4, 0.5) is 5.69 Å². The number of nitrogens with zero attached hydrogens (tertiary/aromatic N) is 1. The zero-order chi connectivity index (χ0) is 12.4. The van der Waals surface area contributed by atoms with Gasteiger partial charge in [-0.05, 0) is 31.5 Å². The van der Waals surface area contributed by atoms with Crippen molar-refractivity contribution in [2.45, 2.75) is 32.4 Å². The minimum absolute atomic E-state index is 0.507. The number of piperazine rings is 1. The minimum Gasteiger partial charge on any atom is -0.366 e. The molecule has 1 aromatic carbocycles. The van der Waals surface area contributed by atoms with E-state index in [1.807, 2.05) is 12.1 Å². The third-order valence-corrected chi connectivity index (χ3v) is 4.06. The molecule has 1 N–H and O–H groups in total. The van der Waals surface area contributed by atoms with Crippen LogP contribution in [-0.4, -0.2) is 25.2 Å². The average molecular weight is 273 g/mol. The summed E-state index contributed by atoms with van der Waals surface area (Å²) in [5.41, 5.74) is 1.17. The van der Waals surface area contributed by atoms with Crippen molar-refractivity contribution in [2.75, 3.05) is 18.0 Å². The maximum atomic E-state index is 6.09. The molecular formula is C13H18Cl2N2. The molecule has 1 aliphatic heterocycles. The molecule has 2 atom stereocenters. The average Bonchev–Trinajstić information content (AvgIpc) is 2.32. The van der Waals surface area contributed by atoms with E-state index in [9.17, 15) is 0 Å². The van der Waals surface area contributed by atoms with Crippen molar-refractivity contribution in [1.29, 1.82) is 0 Å². The van der Waals surface area contributed by atoms with E-state index in [4.69, 9.17) is 23.2 Å². The predicted octanol–water partition coefficient (Wildman–Crippen LogP) is 3.57. The van der Waals surface area contributed by atoms with Gasteiger partial charge in [0.05, 0.1) is 10.0 Å². The highest BCUT2D eigenvalue weighted by Crippen LogP contribution is 2.29. The number of halogens is 2. The number of benzene rings is 1. The molecule has 2 unspecified atom stereocenters. The summed E-state index contributed by atoms with van der Waals surface area (Å²) in [6.45, 7) is 6.46. The molecule has 1 fully saturated rings. The lowest BCUT2D eigenvalue weighted by atomic mass is 10.1. The third kappa shape index (κ3) is 2.87. The lowest BCUT2D eigenvalue weighted by Gasteiger charge is -2.40. The third-order valence-electron chi connectivity index (χ3n) is 3.32. The molecule has 0 radical (unpaired) electrons. The first kappa shape index (κ1) is 13.0. The molecule has 1 heterocycles. The molecule has 2 rings (SSSR count). The molecule has 0 saturated carbocycles. The minimum atomic E-state index is 0.507. The van der Waals surface area contributed by atoms with Gasteiger partial charge in [-0.2, -0.15) is 0 Å². The summed E-state index contributed by atoms with van der Waals surface area (Å²) >= 11 is 12.0. The second-order valence-corrected chi connectivity index (χ2v) is 5.44. The van der Waals surface area contributed by atoms with E-state index in [0.29, 0.717) is 22.1 Å². The molecule has 0 bridgehead atoms. The molecule has 17 heavy (non-hydrogen) atoms. The van der Waals surface area contributed by atoms with E-state index < -0.39 is 0 Å². The molecule has 2 nitrogen and oxygen atoms in total. The van der Waals surface area contributed by atoms with Crippen LogP contribution in [0.1, 0.15) is 20.3 Å². The first-order valence-electron chi connectivity index (χ1n) is 6.07. The summed E-state index contributed by atoms with van der Waals surface area (Å²) in [5, 5.41) is 4.76. The van der Waals surface area contributed by atoms with Crippen LogP contribution in [0.5, 0.6) is 0 Å². The van der Waals surface area contributed by atoms with Crippen molar-refractivity contribution >= 4 is 28.9 Å². The van der Waals surface area contributed by atoms with E-state index >= 15 is 0 Å². The van der Waals surface area contributed by atoms with Crippen molar-refractivity contribution in [3.8, 4) is 0 Å². The van der Waals surface area contributed by atoms with Crippen molar-refractivity contribution in [1.82, 2.24) is 5.32 Å². The molecule has 94 valence electrons. The number of hydrogen-bond acceptors (Lipinski definition) is 2. The Kier molecular flexibility index (Phi) is 4.18. The normalized spacial score (nSPS) is 25.1. The van der Waals surface area contributed by atoms with Gasteiger partial charge in [0.25, 0.3) is 0 Å². The molecule has 0 amide bonds. The van der Waals surface area contributed by atoms with Gasteiger partial charge in [0.2, 0.25) is 0 Å². The summed E-state index contributed by atoms with van der Waals surface area (Å²) < 4.78 is 0. The predicted molar refractivity (Wildman–Crippen MR) is 75.4 cm³/mol. The van der Waals surface area contributed by atoms with E-state index in [-0.39, 0.29) is 0 Å². The lowest BCUT2D eigenvalue weighted by Crippen LogP contribution is -2.55. The van der Waals surface area contributed by atoms with Crippen LogP contribution in [-0.2, 0) is 0 Å². The zero-order valence-electron chi connectivity index (χ0n) is 10.2. The standard InChI is InChI=1S/C13H18Cl2N2/c1-3-10-7-16-9(2)8-17(10)11-4-5-12(14)13(15)6-11/h4-6,9-10,16H,3,7-8H2,1-2H3. The highest BCUT2D eigenvalue weighted by molar-refractivity contribution is 6.42. The largest absolute Gasteiger partial charge is 0.366 e. The van der Waals surface area contributed by atoms with Crippen LogP contribution in [0, 0.1) is 0 Å². The summed E-state index contributed by atoms with van der Waals surface area (Å²) in [5.74, 6) is 0. The van der Waals surface area contributed by atoms with Crippen LogP contribution < -0.4 is 10.2 Å². The fraction of sp³-hybridized carbons (Fsp3) is 0.538. The molecule has 4 heteroatoms. The maximum Gasteiger partial charge on any atom is 0.0612 e. The molecule has 0 aliphatic carbocycles. The van der Waals surface area contributed by atoms with E-state index in [1.165, 1.54) is 5.69 Å². The number of rotatable bonds is 2. The Balaban J connectivity index is 2.25. The SMILES string of the molecule is CCC1CNC(C)CN1c1ccc(Cl)c(Cl)c1. The molecule has 0 aromatic heterocycles. The number of nitrogens with one attached hydrogen (secondary N) is 1. The van der Waals surface area contributed by atoms with Gasteiger partial charge in [-0.25, -0.2) is 0 Å².